The normalized spacial score (nSPS) is 22.2. The van der Waals surface area contributed by atoms with Gasteiger partial charge in [-0.2, -0.15) is 0 Å². The molecule has 1 saturated carbocycles. The van der Waals surface area contributed by atoms with Crippen molar-refractivity contribution in [3.8, 4) is 5.75 Å². The average Bonchev–Trinajstić information content (AvgIpc) is 3.64. The molecular formula is C26H38N2O9S. The van der Waals surface area contributed by atoms with Gasteiger partial charge in [-0.05, 0) is 71.1 Å². The molecule has 2 saturated heterocycles. The minimum atomic E-state index is -3.37. The molecule has 3 aliphatic rings. The molecule has 12 heteroatoms. The fourth-order valence-electron chi connectivity index (χ4n) is 4.95. The number of aliphatic hydroxyl groups is 1. The second-order valence-corrected chi connectivity index (χ2v) is 13.7. The Morgan fingerprint density at radius 1 is 1.24 bits per heavy atom. The topological polar surface area (TPSA) is 143 Å². The summed E-state index contributed by atoms with van der Waals surface area (Å²) in [7, 11) is -3.37. The van der Waals surface area contributed by atoms with Gasteiger partial charge in [-0.1, -0.05) is 6.07 Å². The number of ether oxygens (including phenoxy) is 3. The number of amides is 2. The molecule has 3 fully saturated rings. The summed E-state index contributed by atoms with van der Waals surface area (Å²) < 4.78 is 42.5. The third-order valence-corrected chi connectivity index (χ3v) is 9.41. The minimum Gasteiger partial charge on any atom is -0.491 e. The van der Waals surface area contributed by atoms with Crippen LogP contribution in [0.3, 0.4) is 0 Å². The quantitative estimate of drug-likeness (QED) is 0.496. The lowest BCUT2D eigenvalue weighted by molar-refractivity contribution is -0.0407. The van der Waals surface area contributed by atoms with Gasteiger partial charge in [0, 0.05) is 13.1 Å². The Hall–Kier alpha value is -2.57. The lowest BCUT2D eigenvalue weighted by Gasteiger charge is -2.38. The lowest BCUT2D eigenvalue weighted by Crippen LogP contribution is -2.50. The van der Waals surface area contributed by atoms with Crippen molar-refractivity contribution >= 4 is 22.0 Å². The molecule has 2 aliphatic heterocycles. The largest absolute Gasteiger partial charge is 0.491 e. The maximum absolute atomic E-state index is 13.1. The Morgan fingerprint density at radius 2 is 1.92 bits per heavy atom. The number of benzene rings is 1. The molecule has 2 amide bonds. The minimum absolute atomic E-state index is 0.0691. The Bertz CT molecular complexity index is 1120. The van der Waals surface area contributed by atoms with Crippen LogP contribution < -0.4 is 4.74 Å². The van der Waals surface area contributed by atoms with Crippen LogP contribution in [0.15, 0.2) is 29.2 Å². The first-order valence-corrected chi connectivity index (χ1v) is 14.6. The number of sulfone groups is 1. The highest BCUT2D eigenvalue weighted by atomic mass is 32.2. The zero-order valence-corrected chi connectivity index (χ0v) is 23.0. The Kier molecular flexibility index (Phi) is 8.15. The zero-order chi connectivity index (χ0) is 27.7. The maximum atomic E-state index is 13.1. The summed E-state index contributed by atoms with van der Waals surface area (Å²) in [5, 5.41) is 19.7. The van der Waals surface area contributed by atoms with Crippen LogP contribution in [0.4, 0.5) is 9.59 Å². The number of carbonyl (C=O) groups is 2. The second kappa shape index (κ2) is 10.9. The van der Waals surface area contributed by atoms with Gasteiger partial charge in [0.25, 0.3) is 0 Å². The number of rotatable bonds is 8. The molecule has 2 atom stereocenters. The number of hydrogen-bond acceptors (Lipinski definition) is 8. The Morgan fingerprint density at radius 3 is 2.53 bits per heavy atom. The van der Waals surface area contributed by atoms with Gasteiger partial charge >= 0.3 is 12.2 Å². The summed E-state index contributed by atoms with van der Waals surface area (Å²) >= 11 is 0. The van der Waals surface area contributed by atoms with Gasteiger partial charge in [-0.25, -0.2) is 18.0 Å². The lowest BCUT2D eigenvalue weighted by atomic mass is 9.87. The molecule has 1 aliphatic carbocycles. The van der Waals surface area contributed by atoms with Gasteiger partial charge < -0.3 is 34.2 Å². The highest BCUT2D eigenvalue weighted by Crippen LogP contribution is 2.38. The van der Waals surface area contributed by atoms with E-state index in [4.69, 9.17) is 14.2 Å². The summed E-state index contributed by atoms with van der Waals surface area (Å²) in [5.41, 5.74) is -1.26. The first-order valence-electron chi connectivity index (χ1n) is 13.0. The molecule has 2 N–H and O–H groups in total. The molecule has 2 unspecified atom stereocenters. The van der Waals surface area contributed by atoms with E-state index >= 15 is 0 Å². The molecule has 1 spiro atoms. The molecule has 212 valence electrons. The van der Waals surface area contributed by atoms with Crippen LogP contribution in [0.1, 0.15) is 52.9 Å². The van der Waals surface area contributed by atoms with Crippen molar-refractivity contribution in [3.63, 3.8) is 0 Å². The number of aliphatic hydroxyl groups excluding tert-OH is 1. The average molecular weight is 555 g/mol. The van der Waals surface area contributed by atoms with Gasteiger partial charge in [0.2, 0.25) is 0 Å². The van der Waals surface area contributed by atoms with E-state index in [9.17, 15) is 28.2 Å². The van der Waals surface area contributed by atoms with Crippen LogP contribution in [0.25, 0.3) is 0 Å². The Labute approximate surface area is 223 Å². The third-order valence-electron chi connectivity index (χ3n) is 7.15. The molecule has 4 rings (SSSR count). The first kappa shape index (κ1) is 28.4. The molecule has 2 heterocycles. The number of carboxylic acid groups (broad SMARTS) is 1. The van der Waals surface area contributed by atoms with Crippen LogP contribution in [-0.2, 0) is 19.3 Å². The van der Waals surface area contributed by atoms with Crippen LogP contribution in [0.2, 0.25) is 0 Å². The predicted molar refractivity (Wildman–Crippen MR) is 137 cm³/mol. The molecular weight excluding hydrogens is 516 g/mol. The van der Waals surface area contributed by atoms with Gasteiger partial charge in [-0.3, -0.25) is 0 Å². The van der Waals surface area contributed by atoms with Crippen molar-refractivity contribution in [2.45, 2.75) is 86.4 Å². The van der Waals surface area contributed by atoms with Crippen LogP contribution in [0, 0.1) is 0 Å². The van der Waals surface area contributed by atoms with Crippen LogP contribution in [0.5, 0.6) is 5.75 Å². The van der Waals surface area contributed by atoms with Gasteiger partial charge in [-0.15, -0.1) is 0 Å². The van der Waals surface area contributed by atoms with E-state index in [1.165, 1.54) is 21.9 Å². The van der Waals surface area contributed by atoms with E-state index in [2.05, 4.69) is 0 Å². The molecule has 0 radical (unpaired) electrons. The van der Waals surface area contributed by atoms with Gasteiger partial charge in [0.05, 0.1) is 34.9 Å². The van der Waals surface area contributed by atoms with Crippen molar-refractivity contribution in [3.05, 3.63) is 24.3 Å². The van der Waals surface area contributed by atoms with E-state index in [0.29, 0.717) is 50.9 Å². The second-order valence-electron chi connectivity index (χ2n) is 11.4. The summed E-state index contributed by atoms with van der Waals surface area (Å²) in [4.78, 5) is 27.4. The van der Waals surface area contributed by atoms with E-state index in [0.717, 1.165) is 0 Å². The fraction of sp³-hybridized carbons (Fsp3) is 0.692. The van der Waals surface area contributed by atoms with Crippen LogP contribution >= 0.6 is 0 Å². The van der Waals surface area contributed by atoms with Crippen molar-refractivity contribution in [1.29, 1.82) is 0 Å². The zero-order valence-electron chi connectivity index (χ0n) is 22.2. The van der Waals surface area contributed by atoms with E-state index in [1.807, 2.05) is 0 Å². The number of piperidine rings is 1. The van der Waals surface area contributed by atoms with Crippen LogP contribution in [-0.4, -0.2) is 102 Å². The molecule has 1 aromatic rings. The van der Waals surface area contributed by atoms with Crippen molar-refractivity contribution in [1.82, 2.24) is 9.80 Å². The molecule has 0 aromatic heterocycles. The SMILES string of the molecule is CC(C)(C)OC(=O)N(CC(O)COc1cccc(S(=O)(=O)C2CC2)c1)C1COC2(CCN(C(=O)O)CC2)C1. The smallest absolute Gasteiger partial charge is 0.410 e. The van der Waals surface area contributed by atoms with Crippen molar-refractivity contribution < 1.29 is 42.4 Å². The van der Waals surface area contributed by atoms with Gasteiger partial charge in [0.1, 0.15) is 24.1 Å². The fourth-order valence-corrected chi connectivity index (χ4v) is 6.64. The third kappa shape index (κ3) is 6.89. The molecule has 0 bridgehead atoms. The van der Waals surface area contributed by atoms with Crippen molar-refractivity contribution in [2.75, 3.05) is 32.8 Å². The number of carbonyl (C=O) groups excluding carboxylic acids is 1. The number of hydrogen-bond donors (Lipinski definition) is 2. The van der Waals surface area contributed by atoms with E-state index < -0.39 is 39.3 Å². The summed E-state index contributed by atoms with van der Waals surface area (Å²) in [5.74, 6) is 0.322. The highest BCUT2D eigenvalue weighted by molar-refractivity contribution is 7.92. The van der Waals surface area contributed by atoms with E-state index in [-0.39, 0.29) is 35.9 Å². The highest BCUT2D eigenvalue weighted by Gasteiger charge is 2.47. The van der Waals surface area contributed by atoms with E-state index in [1.54, 1.807) is 32.9 Å². The standard InChI is InChI=1S/C26H38N2O9S/c1-25(2,3)37-24(32)28(18-14-26(36-16-18)9-11-27(12-10-26)23(30)31)15-19(29)17-35-20-5-4-6-22(13-20)38(33,34)21-7-8-21/h4-6,13,18-19,21,29H,7-12,14-17H2,1-3H3,(H,30,31). The van der Waals surface area contributed by atoms with Crippen molar-refractivity contribution in [2.24, 2.45) is 0 Å². The van der Waals surface area contributed by atoms with Gasteiger partial charge in [0.15, 0.2) is 9.84 Å². The first-order chi connectivity index (χ1) is 17.8. The monoisotopic (exact) mass is 554 g/mol. The summed E-state index contributed by atoms with van der Waals surface area (Å²) in [6.45, 7) is 6.04. The predicted octanol–water partition coefficient (Wildman–Crippen LogP) is 2.90. The number of likely N-dealkylation sites (tertiary alicyclic amines) is 1. The summed E-state index contributed by atoms with van der Waals surface area (Å²) in [6, 6.07) is 5.88. The molecule has 11 nitrogen and oxygen atoms in total. The Balaban J connectivity index is 1.39. The summed E-state index contributed by atoms with van der Waals surface area (Å²) in [6.07, 6.45) is 0.289. The number of nitrogens with zero attached hydrogens (tertiary/aromatic N) is 2. The molecule has 1 aromatic carbocycles. The molecule has 38 heavy (non-hydrogen) atoms. The maximum Gasteiger partial charge on any atom is 0.410 e.